The lowest BCUT2D eigenvalue weighted by Crippen LogP contribution is -2.08. The average Bonchev–Trinajstić information content (AvgIpc) is 2.71. The number of hydrogen-bond donors (Lipinski definition) is 1. The van der Waals surface area contributed by atoms with E-state index in [2.05, 4.69) is 0 Å². The number of carboxylic acid groups (broad SMARTS) is 1. The number of fused-ring (bicyclic) bond motifs is 3. The number of carbonyl (C=O) groups is 1. The van der Waals surface area contributed by atoms with Gasteiger partial charge in [0.1, 0.15) is 17.8 Å². The van der Waals surface area contributed by atoms with Crippen LogP contribution in [0.3, 0.4) is 0 Å². The van der Waals surface area contributed by atoms with Crippen LogP contribution in [0, 0.1) is 5.92 Å². The Bertz CT molecular complexity index is 386. The Balaban J connectivity index is 1.99. The maximum atomic E-state index is 10.7. The zero-order valence-corrected chi connectivity index (χ0v) is 6.81. The molecule has 3 rings (SSSR count). The maximum absolute atomic E-state index is 10.7. The summed E-state index contributed by atoms with van der Waals surface area (Å²) in [6.07, 6.45) is -0.102. The first-order valence-electron chi connectivity index (χ1n) is 4.27. The summed E-state index contributed by atoms with van der Waals surface area (Å²) < 4.78 is 5.47. The van der Waals surface area contributed by atoms with Crippen LogP contribution >= 0.6 is 0 Å². The van der Waals surface area contributed by atoms with Gasteiger partial charge < -0.3 is 9.84 Å². The molecule has 0 saturated heterocycles. The Morgan fingerprint density at radius 1 is 1.38 bits per heavy atom. The lowest BCUT2D eigenvalue weighted by Gasteiger charge is -2.04. The van der Waals surface area contributed by atoms with Crippen molar-refractivity contribution in [1.82, 2.24) is 0 Å². The third-order valence-corrected chi connectivity index (χ3v) is 2.78. The van der Waals surface area contributed by atoms with Gasteiger partial charge in [-0.15, -0.1) is 0 Å². The highest BCUT2D eigenvalue weighted by Gasteiger charge is 2.62. The van der Waals surface area contributed by atoms with Gasteiger partial charge in [-0.1, -0.05) is 18.2 Å². The van der Waals surface area contributed by atoms with E-state index in [1.807, 2.05) is 24.3 Å². The first-order valence-corrected chi connectivity index (χ1v) is 4.27. The lowest BCUT2D eigenvalue weighted by molar-refractivity contribution is -0.139. The van der Waals surface area contributed by atoms with Gasteiger partial charge in [0, 0.05) is 11.5 Å². The smallest absolute Gasteiger partial charge is 0.311 e. The van der Waals surface area contributed by atoms with Gasteiger partial charge in [-0.3, -0.25) is 4.79 Å². The fourth-order valence-electron chi connectivity index (χ4n) is 2.10. The molecule has 3 atom stereocenters. The first-order chi connectivity index (χ1) is 6.29. The Morgan fingerprint density at radius 2 is 2.15 bits per heavy atom. The highest BCUT2D eigenvalue weighted by atomic mass is 16.5. The quantitative estimate of drug-likeness (QED) is 0.700. The van der Waals surface area contributed by atoms with Crippen molar-refractivity contribution in [3.8, 4) is 5.75 Å². The summed E-state index contributed by atoms with van der Waals surface area (Å²) in [7, 11) is 0. The van der Waals surface area contributed by atoms with E-state index in [4.69, 9.17) is 9.84 Å². The molecule has 1 aromatic rings. The molecule has 1 fully saturated rings. The highest BCUT2D eigenvalue weighted by Crippen LogP contribution is 2.58. The van der Waals surface area contributed by atoms with Crippen molar-refractivity contribution in [1.29, 1.82) is 0 Å². The molecule has 1 aliphatic carbocycles. The fraction of sp³-hybridized carbons (Fsp3) is 0.300. The number of ether oxygens (including phenoxy) is 1. The molecule has 0 aromatic heterocycles. The predicted molar refractivity (Wildman–Crippen MR) is 44.7 cm³/mol. The molecule has 1 N–H and O–H groups in total. The number of benzene rings is 1. The minimum absolute atomic E-state index is 0.102. The van der Waals surface area contributed by atoms with E-state index in [0.717, 1.165) is 11.3 Å². The van der Waals surface area contributed by atoms with Gasteiger partial charge in [-0.2, -0.15) is 0 Å². The molecule has 0 spiro atoms. The fourth-order valence-corrected chi connectivity index (χ4v) is 2.10. The van der Waals surface area contributed by atoms with E-state index in [-0.39, 0.29) is 17.9 Å². The monoisotopic (exact) mass is 176 g/mol. The van der Waals surface area contributed by atoms with Crippen molar-refractivity contribution in [2.45, 2.75) is 12.0 Å². The Kier molecular flexibility index (Phi) is 1.09. The largest absolute Gasteiger partial charge is 0.489 e. The van der Waals surface area contributed by atoms with Crippen LogP contribution in [-0.4, -0.2) is 17.2 Å². The van der Waals surface area contributed by atoms with E-state index in [9.17, 15) is 4.79 Å². The van der Waals surface area contributed by atoms with Gasteiger partial charge in [-0.05, 0) is 6.07 Å². The second kappa shape index (κ2) is 2.05. The Hall–Kier alpha value is -1.51. The Morgan fingerprint density at radius 3 is 2.92 bits per heavy atom. The minimum Gasteiger partial charge on any atom is -0.489 e. The van der Waals surface area contributed by atoms with Crippen LogP contribution in [0.25, 0.3) is 0 Å². The van der Waals surface area contributed by atoms with Crippen molar-refractivity contribution in [3.05, 3.63) is 29.8 Å². The van der Waals surface area contributed by atoms with Crippen LogP contribution in [0.1, 0.15) is 11.5 Å². The lowest BCUT2D eigenvalue weighted by atomic mass is 10.1. The van der Waals surface area contributed by atoms with E-state index in [0.29, 0.717) is 0 Å². The molecule has 0 bridgehead atoms. The molecule has 13 heavy (non-hydrogen) atoms. The normalized spacial score (nSPS) is 33.1. The molecule has 3 heteroatoms. The molecule has 3 unspecified atom stereocenters. The second-order valence-electron chi connectivity index (χ2n) is 3.51. The average molecular weight is 176 g/mol. The summed E-state index contributed by atoms with van der Waals surface area (Å²) in [5.41, 5.74) is 1.06. The summed E-state index contributed by atoms with van der Waals surface area (Å²) in [5, 5.41) is 8.80. The summed E-state index contributed by atoms with van der Waals surface area (Å²) in [4.78, 5) is 10.7. The van der Waals surface area contributed by atoms with Gasteiger partial charge in [0.15, 0.2) is 0 Å². The zero-order chi connectivity index (χ0) is 9.00. The maximum Gasteiger partial charge on any atom is 0.311 e. The number of carboxylic acids is 1. The van der Waals surface area contributed by atoms with Crippen LogP contribution < -0.4 is 4.74 Å². The van der Waals surface area contributed by atoms with Crippen molar-refractivity contribution < 1.29 is 14.6 Å². The zero-order valence-electron chi connectivity index (χ0n) is 6.81. The molecule has 1 aliphatic heterocycles. The molecule has 66 valence electrons. The molecular weight excluding hydrogens is 168 g/mol. The van der Waals surface area contributed by atoms with E-state index in [1.165, 1.54) is 0 Å². The van der Waals surface area contributed by atoms with Gasteiger partial charge in [-0.25, -0.2) is 0 Å². The number of rotatable bonds is 1. The molecule has 1 heterocycles. The van der Waals surface area contributed by atoms with Gasteiger partial charge >= 0.3 is 5.97 Å². The number of aliphatic carboxylic acids is 1. The van der Waals surface area contributed by atoms with Crippen LogP contribution in [-0.2, 0) is 4.79 Å². The molecule has 3 nitrogen and oxygen atoms in total. The highest BCUT2D eigenvalue weighted by molar-refractivity contribution is 5.78. The summed E-state index contributed by atoms with van der Waals surface area (Å²) in [5.74, 6) is -0.0943. The molecule has 1 aromatic carbocycles. The Labute approximate surface area is 74.9 Å². The summed E-state index contributed by atoms with van der Waals surface area (Å²) in [6.45, 7) is 0. The first kappa shape index (κ1) is 6.95. The van der Waals surface area contributed by atoms with Crippen LogP contribution in [0.5, 0.6) is 5.75 Å². The summed E-state index contributed by atoms with van der Waals surface area (Å²) in [6, 6.07) is 7.66. The molecule has 1 saturated carbocycles. The molecular formula is C10H8O3. The van der Waals surface area contributed by atoms with Crippen molar-refractivity contribution in [2.24, 2.45) is 5.92 Å². The van der Waals surface area contributed by atoms with Gasteiger partial charge in [0.25, 0.3) is 0 Å². The predicted octanol–water partition coefficient (Wildman–Crippen LogP) is 1.25. The van der Waals surface area contributed by atoms with Crippen molar-refractivity contribution in [2.75, 3.05) is 0 Å². The van der Waals surface area contributed by atoms with Crippen LogP contribution in [0.4, 0.5) is 0 Å². The molecule has 0 radical (unpaired) electrons. The van der Waals surface area contributed by atoms with Gasteiger partial charge in [0.05, 0.1) is 0 Å². The second-order valence-corrected chi connectivity index (χ2v) is 3.51. The number of para-hydroxylation sites is 1. The third kappa shape index (κ3) is 0.763. The molecule has 2 aliphatic rings. The SMILES string of the molecule is O=C(O)C1C2Oc3ccccc3C21. The van der Waals surface area contributed by atoms with Crippen LogP contribution in [0.15, 0.2) is 24.3 Å². The van der Waals surface area contributed by atoms with E-state index >= 15 is 0 Å². The standard InChI is InChI=1S/C10H8O3/c11-10(12)8-7-5-3-1-2-4-6(5)13-9(7)8/h1-4,7-9H,(H,11,12). The van der Waals surface area contributed by atoms with Crippen molar-refractivity contribution in [3.63, 3.8) is 0 Å². The topological polar surface area (TPSA) is 46.5 Å². The molecule has 0 amide bonds. The number of hydrogen-bond acceptors (Lipinski definition) is 2. The van der Waals surface area contributed by atoms with E-state index in [1.54, 1.807) is 0 Å². The third-order valence-electron chi connectivity index (χ3n) is 2.78. The van der Waals surface area contributed by atoms with E-state index < -0.39 is 5.97 Å². The minimum atomic E-state index is -0.746. The summed E-state index contributed by atoms with van der Waals surface area (Å²) >= 11 is 0. The van der Waals surface area contributed by atoms with Gasteiger partial charge in [0.2, 0.25) is 0 Å². The van der Waals surface area contributed by atoms with Crippen molar-refractivity contribution >= 4 is 5.97 Å². The van der Waals surface area contributed by atoms with Crippen LogP contribution in [0.2, 0.25) is 0 Å².